The van der Waals surface area contributed by atoms with Crippen LogP contribution in [0.2, 0.25) is 0 Å². The highest BCUT2D eigenvalue weighted by molar-refractivity contribution is 7.92. The van der Waals surface area contributed by atoms with Crippen molar-refractivity contribution in [3.8, 4) is 11.5 Å². The van der Waals surface area contributed by atoms with Crippen molar-refractivity contribution >= 4 is 23.3 Å². The molecular weight excluding hydrogens is 393 g/mol. The zero-order valence-electron chi connectivity index (χ0n) is 15.1. The summed E-state index contributed by atoms with van der Waals surface area (Å²) in [6.07, 6.45) is 0.739. The molecule has 0 aliphatic heterocycles. The second-order valence-electron chi connectivity index (χ2n) is 6.37. The van der Waals surface area contributed by atoms with E-state index in [4.69, 9.17) is 14.5 Å². The number of anilines is 1. The Morgan fingerprint density at radius 2 is 1.70 bits per heavy atom. The lowest BCUT2D eigenvalue weighted by Crippen LogP contribution is -2.09. The Hall–Kier alpha value is -2.06. The van der Waals surface area contributed by atoms with Crippen molar-refractivity contribution in [2.75, 3.05) is 17.3 Å². The van der Waals surface area contributed by atoms with E-state index in [9.17, 15) is 18.1 Å². The van der Waals surface area contributed by atoms with Gasteiger partial charge in [-0.1, -0.05) is 6.07 Å². The molecule has 0 aliphatic carbocycles. The van der Waals surface area contributed by atoms with E-state index in [1.807, 2.05) is 13.8 Å². The van der Waals surface area contributed by atoms with Crippen molar-refractivity contribution in [2.24, 2.45) is 0 Å². The van der Waals surface area contributed by atoms with E-state index in [1.54, 1.807) is 24.3 Å². The minimum atomic E-state index is -4.26. The number of nitrogens with one attached hydrogen (secondary N) is 1. The molecule has 0 atom stereocenters. The van der Waals surface area contributed by atoms with Crippen LogP contribution in [0.25, 0.3) is 0 Å². The summed E-state index contributed by atoms with van der Waals surface area (Å²) >= 11 is 0. The van der Waals surface area contributed by atoms with Gasteiger partial charge in [-0.2, -0.15) is 0 Å². The van der Waals surface area contributed by atoms with Gasteiger partial charge in [0, 0.05) is 12.5 Å². The van der Waals surface area contributed by atoms with Crippen molar-refractivity contribution in [2.45, 2.75) is 20.3 Å². The summed E-state index contributed by atoms with van der Waals surface area (Å²) in [5.41, 5.74) is 3.50. The Balaban J connectivity index is 2.23. The van der Waals surface area contributed by atoms with Crippen LogP contribution in [0, 0.1) is 13.8 Å². The van der Waals surface area contributed by atoms with Gasteiger partial charge in [0.2, 0.25) is 10.0 Å². The number of hydrogen-bond acceptors (Lipinski definition) is 5. The van der Waals surface area contributed by atoms with Crippen molar-refractivity contribution < 1.29 is 32.6 Å². The predicted molar refractivity (Wildman–Crippen MR) is 103 cm³/mol. The summed E-state index contributed by atoms with van der Waals surface area (Å²) in [4.78, 5) is 17.8. The van der Waals surface area contributed by atoms with E-state index in [2.05, 4.69) is 4.72 Å². The summed E-state index contributed by atoms with van der Waals surface area (Å²) in [6, 6.07) is 7.90. The van der Waals surface area contributed by atoms with Gasteiger partial charge >= 0.3 is 7.60 Å². The second kappa shape index (κ2) is 7.90. The van der Waals surface area contributed by atoms with Gasteiger partial charge in [0.05, 0.1) is 11.9 Å². The minimum Gasteiger partial charge on any atom is -0.508 e. The van der Waals surface area contributed by atoms with Crippen molar-refractivity contribution in [1.29, 1.82) is 0 Å². The normalized spacial score (nSPS) is 12.0. The average molecular weight is 415 g/mol. The first-order chi connectivity index (χ1) is 12.3. The van der Waals surface area contributed by atoms with E-state index in [0.717, 1.165) is 22.9 Å². The molecule has 2 aromatic carbocycles. The van der Waals surface area contributed by atoms with Crippen molar-refractivity contribution in [1.82, 2.24) is 0 Å². The molecule has 0 bridgehead atoms. The summed E-state index contributed by atoms with van der Waals surface area (Å²) in [5, 5.41) is 10.2. The van der Waals surface area contributed by atoms with Crippen LogP contribution in [0.1, 0.15) is 22.3 Å². The monoisotopic (exact) mass is 415 g/mol. The Bertz CT molecular complexity index is 975. The van der Waals surface area contributed by atoms with Crippen LogP contribution >= 0.6 is 7.60 Å². The molecule has 0 heterocycles. The minimum absolute atomic E-state index is 0.0377. The van der Waals surface area contributed by atoms with Crippen LogP contribution in [-0.4, -0.2) is 35.9 Å². The highest BCUT2D eigenvalue weighted by Crippen LogP contribution is 2.35. The number of ether oxygens (including phenoxy) is 1. The smallest absolute Gasteiger partial charge is 0.362 e. The lowest BCUT2D eigenvalue weighted by Gasteiger charge is -2.15. The van der Waals surface area contributed by atoms with E-state index >= 15 is 0 Å². The summed E-state index contributed by atoms with van der Waals surface area (Å²) in [5.74, 6) is 0.318. The molecule has 148 valence electrons. The maximum absolute atomic E-state index is 11.3. The fourth-order valence-electron chi connectivity index (χ4n) is 2.66. The fraction of sp³-hybridized carbons (Fsp3) is 0.294. The zero-order chi connectivity index (χ0) is 20.4. The highest BCUT2D eigenvalue weighted by atomic mass is 32.2. The number of aryl methyl sites for hydroxylation is 2. The van der Waals surface area contributed by atoms with Gasteiger partial charge in [0.25, 0.3) is 0 Å². The number of phenolic OH excluding ortho intramolecular Hbond substituents is 1. The number of hydrogen-bond donors (Lipinski definition) is 4. The molecule has 27 heavy (non-hydrogen) atoms. The first kappa shape index (κ1) is 21.2. The quantitative estimate of drug-likeness (QED) is 0.511. The number of aromatic hydroxyl groups is 1. The second-order valence-corrected chi connectivity index (χ2v) is 9.70. The lowest BCUT2D eigenvalue weighted by molar-refractivity contribution is 0.300. The third-order valence-electron chi connectivity index (χ3n) is 3.82. The largest absolute Gasteiger partial charge is 0.508 e. The predicted octanol–water partition coefficient (Wildman–Crippen LogP) is 2.49. The standard InChI is InChI=1S/C17H22NO7PS/c1-11-6-15(25-10-26(20,21)22)7-12(2)16(11)8-13-4-5-14(9-17(13)19)18-27(3,23)24/h4-7,9,18-19H,8,10H2,1-3H3,(H2,20,21,22). The number of benzene rings is 2. The summed E-state index contributed by atoms with van der Waals surface area (Å²) in [6.45, 7) is 3.67. The van der Waals surface area contributed by atoms with Gasteiger partial charge < -0.3 is 19.6 Å². The van der Waals surface area contributed by atoms with Gasteiger partial charge in [-0.15, -0.1) is 0 Å². The first-order valence-electron chi connectivity index (χ1n) is 7.91. The van der Waals surface area contributed by atoms with Crippen LogP contribution in [0.3, 0.4) is 0 Å². The van der Waals surface area contributed by atoms with Gasteiger partial charge in [-0.25, -0.2) is 8.42 Å². The van der Waals surface area contributed by atoms with Gasteiger partial charge in [0.1, 0.15) is 11.5 Å². The molecule has 2 aromatic rings. The maximum Gasteiger partial charge on any atom is 0.362 e. The maximum atomic E-state index is 11.3. The van der Waals surface area contributed by atoms with Crippen LogP contribution in [0.15, 0.2) is 30.3 Å². The SMILES string of the molecule is Cc1cc(OCP(=O)(O)O)cc(C)c1Cc1ccc(NS(C)(=O)=O)cc1O. The molecule has 0 radical (unpaired) electrons. The lowest BCUT2D eigenvalue weighted by atomic mass is 9.95. The van der Waals surface area contributed by atoms with E-state index in [0.29, 0.717) is 17.7 Å². The Kier molecular flexibility index (Phi) is 6.21. The summed E-state index contributed by atoms with van der Waals surface area (Å²) < 4.78 is 40.9. The Morgan fingerprint density at radius 1 is 1.11 bits per heavy atom. The zero-order valence-corrected chi connectivity index (χ0v) is 16.8. The topological polar surface area (TPSA) is 133 Å². The molecule has 0 amide bonds. The first-order valence-corrected chi connectivity index (χ1v) is 11.6. The molecule has 0 aromatic heterocycles. The molecule has 8 nitrogen and oxygen atoms in total. The highest BCUT2D eigenvalue weighted by Gasteiger charge is 2.15. The Labute approximate surface area is 158 Å². The molecule has 0 fully saturated rings. The third kappa shape index (κ3) is 6.55. The van der Waals surface area contributed by atoms with E-state index < -0.39 is 24.0 Å². The van der Waals surface area contributed by atoms with Crippen LogP contribution in [0.5, 0.6) is 11.5 Å². The van der Waals surface area contributed by atoms with E-state index in [-0.39, 0.29) is 11.4 Å². The number of phenols is 1. The molecule has 0 saturated heterocycles. The number of sulfonamides is 1. The van der Waals surface area contributed by atoms with Crippen LogP contribution < -0.4 is 9.46 Å². The third-order valence-corrected chi connectivity index (χ3v) is 4.90. The van der Waals surface area contributed by atoms with Crippen LogP contribution in [0.4, 0.5) is 5.69 Å². The van der Waals surface area contributed by atoms with Gasteiger partial charge in [0.15, 0.2) is 6.35 Å². The molecule has 0 aliphatic rings. The average Bonchev–Trinajstić information content (AvgIpc) is 2.48. The summed E-state index contributed by atoms with van der Waals surface area (Å²) in [7, 11) is -7.69. The van der Waals surface area contributed by atoms with Crippen molar-refractivity contribution in [3.05, 3.63) is 52.6 Å². The molecule has 4 N–H and O–H groups in total. The molecular formula is C17H22NO7PS. The molecule has 0 saturated carbocycles. The van der Waals surface area contributed by atoms with Crippen molar-refractivity contribution in [3.63, 3.8) is 0 Å². The van der Waals surface area contributed by atoms with Crippen LogP contribution in [-0.2, 0) is 21.0 Å². The Morgan fingerprint density at radius 3 is 2.19 bits per heavy atom. The van der Waals surface area contributed by atoms with E-state index in [1.165, 1.54) is 6.07 Å². The fourth-order valence-corrected chi connectivity index (χ4v) is 3.53. The number of rotatable bonds is 7. The molecule has 0 unspecified atom stereocenters. The van der Waals surface area contributed by atoms with Gasteiger partial charge in [-0.3, -0.25) is 9.29 Å². The molecule has 10 heteroatoms. The molecule has 2 rings (SSSR count). The molecule has 0 spiro atoms. The van der Waals surface area contributed by atoms with Gasteiger partial charge in [-0.05, 0) is 54.3 Å².